The van der Waals surface area contributed by atoms with E-state index in [2.05, 4.69) is 18.6 Å². The lowest BCUT2D eigenvalue weighted by Crippen LogP contribution is -2.22. The first-order valence-corrected chi connectivity index (χ1v) is 10.9. The first-order valence-electron chi connectivity index (χ1n) is 10.9. The fourth-order valence-electron chi connectivity index (χ4n) is 3.55. The Labute approximate surface area is 166 Å². The van der Waals surface area contributed by atoms with Gasteiger partial charge in [-0.1, -0.05) is 90.6 Å². The first kappa shape index (κ1) is 25.6. The number of carbonyl (C=O) groups is 1. The van der Waals surface area contributed by atoms with Gasteiger partial charge in [0.05, 0.1) is 7.11 Å². The zero-order valence-electron chi connectivity index (χ0n) is 17.8. The van der Waals surface area contributed by atoms with Gasteiger partial charge >= 0.3 is 5.97 Å². The van der Waals surface area contributed by atoms with Gasteiger partial charge < -0.3 is 4.74 Å². The molecule has 0 bridgehead atoms. The molecule has 0 radical (unpaired) electrons. The summed E-state index contributed by atoms with van der Waals surface area (Å²) in [6.07, 6.45) is 18.3. The Balaban J connectivity index is 4.42. The molecule has 0 unspecified atom stereocenters. The van der Waals surface area contributed by atoms with Gasteiger partial charge in [-0.2, -0.15) is 0 Å². The Bertz CT molecular complexity index is 409. The quantitative estimate of drug-likeness (QED) is 0.0910. The van der Waals surface area contributed by atoms with Gasteiger partial charge in [0, 0.05) is 16.9 Å². The van der Waals surface area contributed by atoms with Crippen LogP contribution < -0.4 is 0 Å². The van der Waals surface area contributed by atoms with Crippen LogP contribution in [0.25, 0.3) is 0 Å². The molecule has 0 saturated heterocycles. The number of esters is 1. The summed E-state index contributed by atoms with van der Waals surface area (Å²) in [5.41, 5.74) is 0. The number of unbranched alkanes of at least 4 members (excludes halogenated alkanes) is 9. The highest BCUT2D eigenvalue weighted by atomic mass is 16.6. The van der Waals surface area contributed by atoms with Crippen LogP contribution in [0.1, 0.15) is 97.3 Å². The molecule has 0 aliphatic carbocycles. The third-order valence-electron chi connectivity index (χ3n) is 5.24. The summed E-state index contributed by atoms with van der Waals surface area (Å²) < 4.78 is 4.67. The molecule has 0 N–H and O–H groups in total. The van der Waals surface area contributed by atoms with Crippen molar-refractivity contribution >= 4 is 5.97 Å². The van der Waals surface area contributed by atoms with Crippen LogP contribution in [0.5, 0.6) is 0 Å². The van der Waals surface area contributed by atoms with Crippen LogP contribution in [0.2, 0.25) is 0 Å². The number of ether oxygens (including phenoxy) is 1. The minimum atomic E-state index is -0.389. The molecule has 0 rings (SSSR count). The highest BCUT2D eigenvalue weighted by molar-refractivity contribution is 5.81. The molecule has 27 heavy (non-hydrogen) atoms. The molecule has 5 heteroatoms. The summed E-state index contributed by atoms with van der Waals surface area (Å²) in [6.45, 7) is 4.33. The number of rotatable bonds is 18. The highest BCUT2D eigenvalue weighted by Crippen LogP contribution is 2.26. The zero-order valence-corrected chi connectivity index (χ0v) is 17.8. The fraction of sp³-hybridized carbons (Fsp3) is 0.864. The fourth-order valence-corrected chi connectivity index (χ4v) is 3.55. The molecule has 0 heterocycles. The average Bonchev–Trinajstić information content (AvgIpc) is 2.65. The second kappa shape index (κ2) is 18.0. The second-order valence-corrected chi connectivity index (χ2v) is 7.58. The normalized spacial score (nSPS) is 13.6. The van der Waals surface area contributed by atoms with Crippen LogP contribution in [0.4, 0.5) is 0 Å². The number of nitro groups is 1. The molecule has 158 valence electrons. The molecule has 0 amide bonds. The van der Waals surface area contributed by atoms with Crippen molar-refractivity contribution in [2.75, 3.05) is 13.7 Å². The van der Waals surface area contributed by atoms with E-state index in [0.717, 1.165) is 38.5 Å². The van der Waals surface area contributed by atoms with Crippen molar-refractivity contribution in [1.82, 2.24) is 0 Å². The van der Waals surface area contributed by atoms with E-state index in [4.69, 9.17) is 0 Å². The largest absolute Gasteiger partial charge is 0.466 e. The summed E-state index contributed by atoms with van der Waals surface area (Å²) in [4.78, 5) is 22.3. The van der Waals surface area contributed by atoms with E-state index >= 15 is 0 Å². The minimum absolute atomic E-state index is 0.00277. The van der Waals surface area contributed by atoms with Crippen molar-refractivity contribution in [3.8, 4) is 0 Å². The Morgan fingerprint density at radius 1 is 0.926 bits per heavy atom. The molecular weight excluding hydrogens is 342 g/mol. The van der Waals surface area contributed by atoms with Crippen molar-refractivity contribution < 1.29 is 14.5 Å². The number of methoxy groups -OCH3 is 1. The topological polar surface area (TPSA) is 69.4 Å². The molecule has 5 nitrogen and oxygen atoms in total. The lowest BCUT2D eigenvalue weighted by molar-refractivity contribution is -0.489. The Morgan fingerprint density at radius 3 is 2.00 bits per heavy atom. The maximum Gasteiger partial charge on any atom is 0.330 e. The Hall–Kier alpha value is -1.39. The third-order valence-corrected chi connectivity index (χ3v) is 5.24. The maximum atomic E-state index is 11.4. The zero-order chi connectivity index (χ0) is 20.3. The molecule has 2 atom stereocenters. The summed E-state index contributed by atoms with van der Waals surface area (Å²) in [5, 5.41) is 11.1. The molecule has 0 saturated carbocycles. The van der Waals surface area contributed by atoms with E-state index in [1.165, 1.54) is 58.1 Å². The van der Waals surface area contributed by atoms with Crippen molar-refractivity contribution in [1.29, 1.82) is 0 Å². The van der Waals surface area contributed by atoms with Crippen molar-refractivity contribution in [3.63, 3.8) is 0 Å². The van der Waals surface area contributed by atoms with Gasteiger partial charge in [-0.05, 0) is 18.8 Å². The second-order valence-electron chi connectivity index (χ2n) is 7.58. The average molecular weight is 384 g/mol. The summed E-state index contributed by atoms with van der Waals surface area (Å²) in [5.74, 6) is -0.320. The van der Waals surface area contributed by atoms with Gasteiger partial charge in [0.1, 0.15) is 0 Å². The van der Waals surface area contributed by atoms with E-state index in [1.54, 1.807) is 0 Å². The number of hydrogen-bond acceptors (Lipinski definition) is 4. The van der Waals surface area contributed by atoms with E-state index in [0.29, 0.717) is 0 Å². The number of allylic oxidation sites excluding steroid dienone is 1. The molecule has 0 aliphatic heterocycles. The van der Waals surface area contributed by atoms with Gasteiger partial charge in [0.2, 0.25) is 6.54 Å². The molecule has 0 fully saturated rings. The summed E-state index contributed by atoms with van der Waals surface area (Å²) >= 11 is 0. The predicted molar refractivity (Wildman–Crippen MR) is 111 cm³/mol. The molecule has 0 aromatic heterocycles. The van der Waals surface area contributed by atoms with E-state index in [9.17, 15) is 14.9 Å². The van der Waals surface area contributed by atoms with E-state index in [-0.39, 0.29) is 29.3 Å². The third kappa shape index (κ3) is 15.4. The van der Waals surface area contributed by atoms with Crippen LogP contribution in [-0.2, 0) is 9.53 Å². The smallest absolute Gasteiger partial charge is 0.330 e. The molecule has 0 aromatic carbocycles. The van der Waals surface area contributed by atoms with E-state index in [1.807, 2.05) is 6.08 Å². The van der Waals surface area contributed by atoms with Crippen LogP contribution in [0.15, 0.2) is 12.2 Å². The van der Waals surface area contributed by atoms with Crippen LogP contribution in [0.3, 0.4) is 0 Å². The minimum Gasteiger partial charge on any atom is -0.466 e. The van der Waals surface area contributed by atoms with Gasteiger partial charge in [-0.25, -0.2) is 4.79 Å². The number of hydrogen-bond donors (Lipinski definition) is 0. The lowest BCUT2D eigenvalue weighted by Gasteiger charge is -2.21. The van der Waals surface area contributed by atoms with Crippen LogP contribution in [0, 0.1) is 22.0 Å². The van der Waals surface area contributed by atoms with Gasteiger partial charge in [-0.15, -0.1) is 0 Å². The first-order chi connectivity index (χ1) is 13.0. The van der Waals surface area contributed by atoms with Crippen LogP contribution >= 0.6 is 0 Å². The predicted octanol–water partition coefficient (Wildman–Crippen LogP) is 6.34. The van der Waals surface area contributed by atoms with Gasteiger partial charge in [0.15, 0.2) is 0 Å². The lowest BCUT2D eigenvalue weighted by atomic mass is 9.83. The van der Waals surface area contributed by atoms with E-state index < -0.39 is 0 Å². The standard InChI is InChI=1S/C22H41NO4/c1-4-6-8-9-10-11-12-13-14-16-21(19-23(25)26)20(15-7-5-2)17-18-22(24)27-3/h17-18,20-21H,4-16,19H2,1-3H3/b18-17+/t20-,21-/m1/s1. The Morgan fingerprint density at radius 2 is 1.48 bits per heavy atom. The van der Waals surface area contributed by atoms with Crippen molar-refractivity contribution in [2.45, 2.75) is 97.3 Å². The van der Waals surface area contributed by atoms with Crippen molar-refractivity contribution in [2.24, 2.45) is 11.8 Å². The molecule has 0 spiro atoms. The maximum absolute atomic E-state index is 11.4. The summed E-state index contributed by atoms with van der Waals surface area (Å²) in [6, 6.07) is 0. The molecule has 0 aliphatic rings. The van der Waals surface area contributed by atoms with Gasteiger partial charge in [-0.3, -0.25) is 10.1 Å². The molecular formula is C22H41NO4. The SMILES string of the molecule is CCCCCCCCCCC[C@H](C[N+](=O)[O-])[C@@H](/C=C/C(=O)OC)CCCC. The number of carbonyl (C=O) groups excluding carboxylic acids is 1. The summed E-state index contributed by atoms with van der Waals surface area (Å²) in [7, 11) is 1.35. The van der Waals surface area contributed by atoms with Crippen molar-refractivity contribution in [3.05, 3.63) is 22.3 Å². The Kier molecular flexibility index (Phi) is 17.1. The number of nitrogens with zero attached hydrogens (tertiary/aromatic N) is 1. The van der Waals surface area contributed by atoms with Gasteiger partial charge in [0.25, 0.3) is 0 Å². The highest BCUT2D eigenvalue weighted by Gasteiger charge is 2.24. The van der Waals surface area contributed by atoms with Crippen LogP contribution in [-0.4, -0.2) is 24.5 Å². The monoisotopic (exact) mass is 383 g/mol. The molecule has 0 aromatic rings.